The van der Waals surface area contributed by atoms with Gasteiger partial charge in [-0.2, -0.15) is 13.2 Å². The molecule has 4 nitrogen and oxygen atoms in total. The predicted octanol–water partition coefficient (Wildman–Crippen LogP) is 5.13. The predicted molar refractivity (Wildman–Crippen MR) is 95.5 cm³/mol. The number of nitrogens with one attached hydrogen (secondary N) is 2. The maximum Gasteiger partial charge on any atom is 0.418 e. The molecule has 0 aliphatic heterocycles. The molecule has 0 fully saturated rings. The van der Waals surface area contributed by atoms with Crippen LogP contribution in [-0.2, 0) is 11.0 Å². The molecule has 0 atom stereocenters. The molecule has 26 heavy (non-hydrogen) atoms. The molecule has 3 aromatic rings. The number of rotatable bonds is 3. The van der Waals surface area contributed by atoms with Gasteiger partial charge in [0, 0.05) is 17.3 Å². The summed E-state index contributed by atoms with van der Waals surface area (Å²) in [7, 11) is 0. The first kappa shape index (κ1) is 17.9. The number of alkyl halides is 3. The van der Waals surface area contributed by atoms with Crippen LogP contribution in [-0.4, -0.2) is 11.8 Å². The van der Waals surface area contributed by atoms with Crippen molar-refractivity contribution >= 4 is 44.6 Å². The van der Waals surface area contributed by atoms with E-state index < -0.39 is 23.6 Å². The van der Waals surface area contributed by atoms with Gasteiger partial charge in [-0.1, -0.05) is 18.2 Å². The van der Waals surface area contributed by atoms with E-state index in [1.807, 2.05) is 24.3 Å². The molecule has 0 bridgehead atoms. The third-order valence-electron chi connectivity index (χ3n) is 3.54. The lowest BCUT2D eigenvalue weighted by atomic mass is 10.1. The van der Waals surface area contributed by atoms with Gasteiger partial charge in [0.15, 0.2) is 0 Å². The molecule has 2 amide bonds. The minimum atomic E-state index is -4.68. The van der Waals surface area contributed by atoms with Crippen LogP contribution in [0.1, 0.15) is 22.2 Å². The summed E-state index contributed by atoms with van der Waals surface area (Å²) in [6, 6.07) is 12.2. The summed E-state index contributed by atoms with van der Waals surface area (Å²) in [4.78, 5) is 23.7. The van der Waals surface area contributed by atoms with Gasteiger partial charge < -0.3 is 10.6 Å². The summed E-state index contributed by atoms with van der Waals surface area (Å²) in [5.41, 5.74) is -1.39. The third kappa shape index (κ3) is 3.85. The quantitative estimate of drug-likeness (QED) is 0.664. The first-order chi connectivity index (χ1) is 12.2. The number of hydrogen-bond donors (Lipinski definition) is 2. The molecule has 0 saturated carbocycles. The summed E-state index contributed by atoms with van der Waals surface area (Å²) in [6.07, 6.45) is -4.68. The van der Waals surface area contributed by atoms with E-state index >= 15 is 0 Å². The smallest absolute Gasteiger partial charge is 0.326 e. The van der Waals surface area contributed by atoms with Crippen molar-refractivity contribution in [3.63, 3.8) is 0 Å². The topological polar surface area (TPSA) is 58.2 Å². The molecule has 0 saturated heterocycles. The van der Waals surface area contributed by atoms with Gasteiger partial charge in [0.1, 0.15) is 0 Å². The summed E-state index contributed by atoms with van der Waals surface area (Å²) in [5.74, 6) is -1.11. The highest BCUT2D eigenvalue weighted by Crippen LogP contribution is 2.37. The summed E-state index contributed by atoms with van der Waals surface area (Å²) in [6.45, 7) is 1.20. The Morgan fingerprint density at radius 2 is 1.73 bits per heavy atom. The van der Waals surface area contributed by atoms with Gasteiger partial charge in [-0.3, -0.25) is 9.59 Å². The van der Waals surface area contributed by atoms with Crippen molar-refractivity contribution in [2.24, 2.45) is 0 Å². The maximum absolute atomic E-state index is 13.3. The van der Waals surface area contributed by atoms with Crippen molar-refractivity contribution in [2.45, 2.75) is 13.1 Å². The first-order valence-electron chi connectivity index (χ1n) is 7.53. The molecule has 0 radical (unpaired) electrons. The van der Waals surface area contributed by atoms with Crippen molar-refractivity contribution in [3.8, 4) is 0 Å². The average Bonchev–Trinajstić information content (AvgIpc) is 2.99. The number of thiophene rings is 1. The minimum Gasteiger partial charge on any atom is -0.326 e. The van der Waals surface area contributed by atoms with Gasteiger partial charge in [-0.15, -0.1) is 11.3 Å². The van der Waals surface area contributed by atoms with Crippen LogP contribution in [0, 0.1) is 0 Å². The first-order valence-corrected chi connectivity index (χ1v) is 8.34. The van der Waals surface area contributed by atoms with Crippen LogP contribution in [0.15, 0.2) is 48.5 Å². The van der Waals surface area contributed by atoms with E-state index in [9.17, 15) is 22.8 Å². The molecule has 2 aromatic carbocycles. The Bertz CT molecular complexity index is 963. The third-order valence-corrected chi connectivity index (χ3v) is 4.66. The molecule has 0 aliphatic rings. The Hall–Kier alpha value is -2.87. The monoisotopic (exact) mass is 378 g/mol. The molecule has 8 heteroatoms. The molecule has 1 heterocycles. The van der Waals surface area contributed by atoms with E-state index in [-0.39, 0.29) is 11.4 Å². The van der Waals surface area contributed by atoms with Gasteiger partial charge >= 0.3 is 6.18 Å². The second-order valence-electron chi connectivity index (χ2n) is 5.54. The van der Waals surface area contributed by atoms with Gasteiger partial charge in [0.25, 0.3) is 5.91 Å². The largest absolute Gasteiger partial charge is 0.418 e. The molecule has 1 aromatic heterocycles. The molecule has 3 rings (SSSR count). The Labute approximate surface area is 150 Å². The van der Waals surface area contributed by atoms with Gasteiger partial charge in [-0.25, -0.2) is 0 Å². The molecular formula is C18H13F3N2O2S. The Kier molecular flexibility index (Phi) is 4.69. The van der Waals surface area contributed by atoms with Gasteiger partial charge in [0.05, 0.1) is 16.1 Å². The van der Waals surface area contributed by atoms with Crippen LogP contribution in [0.3, 0.4) is 0 Å². The number of carbonyl (C=O) groups excluding carboxylic acids is 2. The molecule has 134 valence electrons. The normalized spacial score (nSPS) is 11.4. The van der Waals surface area contributed by atoms with E-state index in [0.29, 0.717) is 4.88 Å². The molecule has 0 spiro atoms. The number of fused-ring (bicyclic) bond motifs is 1. The standard InChI is InChI=1S/C18H13F3N2O2S/c1-10(24)22-12-6-7-14(13(9-12)18(19,20)21)23-17(25)16-8-11-4-2-3-5-15(11)26-16/h2-9H,1H3,(H,22,24)(H,23,25). The average molecular weight is 378 g/mol. The number of halogens is 3. The van der Waals surface area contributed by atoms with Crippen LogP contribution in [0.5, 0.6) is 0 Å². The lowest BCUT2D eigenvalue weighted by Gasteiger charge is -2.15. The van der Waals surface area contributed by atoms with Crippen molar-refractivity contribution in [1.82, 2.24) is 0 Å². The molecular weight excluding hydrogens is 365 g/mol. The van der Waals surface area contributed by atoms with E-state index in [0.717, 1.165) is 22.2 Å². The fourth-order valence-corrected chi connectivity index (χ4v) is 3.40. The van der Waals surface area contributed by atoms with E-state index in [1.165, 1.54) is 24.3 Å². The molecule has 0 unspecified atom stereocenters. The number of hydrogen-bond acceptors (Lipinski definition) is 3. The minimum absolute atomic E-state index is 0.00434. The van der Waals surface area contributed by atoms with Gasteiger partial charge in [0.2, 0.25) is 5.91 Å². The Balaban J connectivity index is 1.92. The van der Waals surface area contributed by atoms with E-state index in [4.69, 9.17) is 0 Å². The highest BCUT2D eigenvalue weighted by Gasteiger charge is 2.34. The van der Waals surface area contributed by atoms with E-state index in [2.05, 4.69) is 10.6 Å². The summed E-state index contributed by atoms with van der Waals surface area (Å²) in [5, 5.41) is 5.46. The molecule has 0 aliphatic carbocycles. The van der Waals surface area contributed by atoms with Crippen LogP contribution in [0.2, 0.25) is 0 Å². The van der Waals surface area contributed by atoms with Crippen LogP contribution < -0.4 is 10.6 Å². The number of carbonyl (C=O) groups is 2. The zero-order chi connectivity index (χ0) is 18.9. The SMILES string of the molecule is CC(=O)Nc1ccc(NC(=O)c2cc3ccccc3s2)c(C(F)(F)F)c1. The summed E-state index contributed by atoms with van der Waals surface area (Å²) >= 11 is 1.20. The highest BCUT2D eigenvalue weighted by molar-refractivity contribution is 7.20. The van der Waals surface area contributed by atoms with Crippen LogP contribution >= 0.6 is 11.3 Å². The summed E-state index contributed by atoms with van der Waals surface area (Å²) < 4.78 is 40.8. The second-order valence-corrected chi connectivity index (χ2v) is 6.63. The lowest BCUT2D eigenvalue weighted by Crippen LogP contribution is -2.16. The van der Waals surface area contributed by atoms with Crippen LogP contribution in [0.4, 0.5) is 24.5 Å². The van der Waals surface area contributed by atoms with Crippen molar-refractivity contribution in [2.75, 3.05) is 10.6 Å². The zero-order valence-corrected chi connectivity index (χ0v) is 14.3. The second kappa shape index (κ2) is 6.80. The maximum atomic E-state index is 13.3. The highest BCUT2D eigenvalue weighted by atomic mass is 32.1. The van der Waals surface area contributed by atoms with Crippen molar-refractivity contribution in [3.05, 3.63) is 59.0 Å². The number of benzene rings is 2. The molecule has 2 N–H and O–H groups in total. The fourth-order valence-electron chi connectivity index (χ4n) is 2.45. The van der Waals surface area contributed by atoms with Crippen molar-refractivity contribution < 1.29 is 22.8 Å². The zero-order valence-electron chi connectivity index (χ0n) is 13.5. The lowest BCUT2D eigenvalue weighted by molar-refractivity contribution is -0.137. The Morgan fingerprint density at radius 3 is 2.38 bits per heavy atom. The fraction of sp³-hybridized carbons (Fsp3) is 0.111. The number of anilines is 2. The van der Waals surface area contributed by atoms with E-state index in [1.54, 1.807) is 6.07 Å². The van der Waals surface area contributed by atoms with Crippen LogP contribution in [0.25, 0.3) is 10.1 Å². The van der Waals surface area contributed by atoms with Gasteiger partial charge in [-0.05, 0) is 35.7 Å². The van der Waals surface area contributed by atoms with Crippen molar-refractivity contribution in [1.29, 1.82) is 0 Å². The Morgan fingerprint density at radius 1 is 1.00 bits per heavy atom. The number of amides is 2.